The number of hydrogen-bond acceptors (Lipinski definition) is 3. The van der Waals surface area contributed by atoms with Crippen LogP contribution in [0.1, 0.15) is 42.6 Å². The average molecular weight is 434 g/mol. The van der Waals surface area contributed by atoms with Crippen molar-refractivity contribution in [1.29, 1.82) is 0 Å². The van der Waals surface area contributed by atoms with Crippen molar-refractivity contribution >= 4 is 29.0 Å². The van der Waals surface area contributed by atoms with E-state index in [1.807, 2.05) is 13.8 Å². The van der Waals surface area contributed by atoms with Gasteiger partial charge in [-0.1, -0.05) is 6.07 Å². The maximum Gasteiger partial charge on any atom is 0.416 e. The van der Waals surface area contributed by atoms with Crippen LogP contribution >= 0.6 is 0 Å². The quantitative estimate of drug-likeness (QED) is 0.614. The van der Waals surface area contributed by atoms with Crippen molar-refractivity contribution < 1.29 is 22.8 Å². The molecule has 3 N–H and O–H groups in total. The van der Waals surface area contributed by atoms with Gasteiger partial charge in [-0.15, -0.1) is 0 Å². The van der Waals surface area contributed by atoms with Gasteiger partial charge >= 0.3 is 12.2 Å². The molecule has 1 fully saturated rings. The molecule has 0 radical (unpaired) electrons. The largest absolute Gasteiger partial charge is 0.416 e. The summed E-state index contributed by atoms with van der Waals surface area (Å²) in [6, 6.07) is 8.65. The van der Waals surface area contributed by atoms with Crippen LogP contribution in [0.2, 0.25) is 0 Å². The third-order valence-corrected chi connectivity index (χ3v) is 4.81. The lowest BCUT2D eigenvalue weighted by molar-refractivity contribution is -0.137. The fourth-order valence-corrected chi connectivity index (χ4v) is 3.44. The molecule has 0 aliphatic carbocycles. The summed E-state index contributed by atoms with van der Waals surface area (Å²) in [6.45, 7) is 5.42. The smallest absolute Gasteiger partial charge is 0.371 e. The monoisotopic (exact) mass is 434 g/mol. The third kappa shape index (κ3) is 5.90. The molecule has 0 saturated carbocycles. The van der Waals surface area contributed by atoms with Crippen molar-refractivity contribution in [2.24, 2.45) is 0 Å². The Hall–Kier alpha value is -3.23. The molecular weight excluding hydrogens is 409 g/mol. The minimum atomic E-state index is -4.50. The Balaban J connectivity index is 1.78. The fourth-order valence-electron chi connectivity index (χ4n) is 3.44. The number of amides is 3. The fraction of sp³-hybridized carbons (Fsp3) is 0.364. The van der Waals surface area contributed by atoms with Crippen LogP contribution in [0.3, 0.4) is 0 Å². The van der Waals surface area contributed by atoms with Gasteiger partial charge in [-0.05, 0) is 63.1 Å². The zero-order valence-corrected chi connectivity index (χ0v) is 17.3. The van der Waals surface area contributed by atoms with Gasteiger partial charge in [-0.2, -0.15) is 13.2 Å². The first kappa shape index (κ1) is 22.5. The summed E-state index contributed by atoms with van der Waals surface area (Å²) in [6.07, 6.45) is -2.41. The van der Waals surface area contributed by atoms with Crippen molar-refractivity contribution in [2.75, 3.05) is 28.6 Å². The second-order valence-electron chi connectivity index (χ2n) is 7.71. The first-order valence-electron chi connectivity index (χ1n) is 10.1. The van der Waals surface area contributed by atoms with Crippen LogP contribution in [0, 0.1) is 0 Å². The summed E-state index contributed by atoms with van der Waals surface area (Å²) in [5.41, 5.74) is 0.750. The number of anilines is 3. The van der Waals surface area contributed by atoms with E-state index in [0.717, 1.165) is 43.8 Å². The van der Waals surface area contributed by atoms with Crippen LogP contribution in [0.4, 0.5) is 35.0 Å². The van der Waals surface area contributed by atoms with Crippen LogP contribution in [0.15, 0.2) is 42.5 Å². The van der Waals surface area contributed by atoms with E-state index in [1.165, 1.54) is 12.1 Å². The summed E-state index contributed by atoms with van der Waals surface area (Å²) >= 11 is 0. The zero-order valence-electron chi connectivity index (χ0n) is 17.3. The Labute approximate surface area is 178 Å². The summed E-state index contributed by atoms with van der Waals surface area (Å²) in [4.78, 5) is 27.2. The van der Waals surface area contributed by atoms with Gasteiger partial charge in [0.2, 0.25) is 0 Å². The molecular formula is C22H25F3N4O2. The standard InChI is InChI=1S/C22H25F3N4O2/c1-14(2)26-20(30)18-13-17(8-9-19(18)29-10-3-4-11-29)28-21(31)27-16-7-5-6-15(12-16)22(23,24)25/h5-9,12-14H,3-4,10-11H2,1-2H3,(H,26,30)(H2,27,28,31). The second-order valence-corrected chi connectivity index (χ2v) is 7.71. The third-order valence-electron chi connectivity index (χ3n) is 4.81. The highest BCUT2D eigenvalue weighted by atomic mass is 19.4. The maximum absolute atomic E-state index is 12.9. The van der Waals surface area contributed by atoms with Crippen LogP contribution in [0.5, 0.6) is 0 Å². The van der Waals surface area contributed by atoms with Crippen molar-refractivity contribution in [2.45, 2.75) is 38.9 Å². The van der Waals surface area contributed by atoms with E-state index >= 15 is 0 Å². The SMILES string of the molecule is CC(C)NC(=O)c1cc(NC(=O)Nc2cccc(C(F)(F)F)c2)ccc1N1CCCC1. The number of benzene rings is 2. The predicted octanol–water partition coefficient (Wildman–Crippen LogP) is 5.09. The van der Waals surface area contributed by atoms with E-state index in [4.69, 9.17) is 0 Å². The van der Waals surface area contributed by atoms with Gasteiger partial charge in [0.05, 0.1) is 11.1 Å². The van der Waals surface area contributed by atoms with Gasteiger partial charge in [0.25, 0.3) is 5.91 Å². The lowest BCUT2D eigenvalue weighted by Crippen LogP contribution is -2.32. The molecule has 2 aromatic rings. The van der Waals surface area contributed by atoms with Crippen molar-refractivity contribution in [3.05, 3.63) is 53.6 Å². The van der Waals surface area contributed by atoms with Gasteiger partial charge < -0.3 is 20.9 Å². The Morgan fingerprint density at radius 1 is 0.968 bits per heavy atom. The van der Waals surface area contributed by atoms with E-state index in [0.29, 0.717) is 11.3 Å². The van der Waals surface area contributed by atoms with Crippen molar-refractivity contribution in [1.82, 2.24) is 5.32 Å². The van der Waals surface area contributed by atoms with E-state index in [9.17, 15) is 22.8 Å². The normalized spacial score (nSPS) is 13.9. The Bertz CT molecular complexity index is 954. The van der Waals surface area contributed by atoms with Gasteiger partial charge in [0.1, 0.15) is 0 Å². The molecule has 31 heavy (non-hydrogen) atoms. The van der Waals surface area contributed by atoms with E-state index in [2.05, 4.69) is 20.9 Å². The lowest BCUT2D eigenvalue weighted by Gasteiger charge is -2.22. The number of urea groups is 1. The molecule has 9 heteroatoms. The molecule has 0 spiro atoms. The number of rotatable bonds is 5. The number of halogens is 3. The van der Waals surface area contributed by atoms with Gasteiger partial charge in [0.15, 0.2) is 0 Å². The van der Waals surface area contributed by atoms with Crippen LogP contribution in [-0.4, -0.2) is 31.1 Å². The number of carbonyl (C=O) groups is 2. The highest BCUT2D eigenvalue weighted by Crippen LogP contribution is 2.31. The minimum absolute atomic E-state index is 0.0128. The van der Waals surface area contributed by atoms with Gasteiger partial charge in [-0.3, -0.25) is 4.79 Å². The lowest BCUT2D eigenvalue weighted by atomic mass is 10.1. The molecule has 0 unspecified atom stereocenters. The number of nitrogens with zero attached hydrogens (tertiary/aromatic N) is 1. The van der Waals surface area contributed by atoms with E-state index in [1.54, 1.807) is 18.2 Å². The molecule has 3 rings (SSSR count). The molecule has 1 aliphatic rings. The summed E-state index contributed by atoms with van der Waals surface area (Å²) < 4.78 is 38.6. The Morgan fingerprint density at radius 3 is 2.23 bits per heavy atom. The number of hydrogen-bond donors (Lipinski definition) is 3. The second kappa shape index (κ2) is 9.28. The van der Waals surface area contributed by atoms with Gasteiger partial charge in [-0.25, -0.2) is 4.79 Å². The van der Waals surface area contributed by atoms with E-state index in [-0.39, 0.29) is 17.6 Å². The molecule has 166 valence electrons. The number of nitrogens with one attached hydrogen (secondary N) is 3. The highest BCUT2D eigenvalue weighted by Gasteiger charge is 2.30. The molecule has 3 amide bonds. The molecule has 2 aromatic carbocycles. The molecule has 0 aromatic heterocycles. The zero-order chi connectivity index (χ0) is 22.6. The Morgan fingerprint density at radius 2 is 1.61 bits per heavy atom. The molecule has 0 atom stereocenters. The summed E-state index contributed by atoms with van der Waals surface area (Å²) in [5, 5.41) is 7.84. The van der Waals surface area contributed by atoms with Crippen molar-refractivity contribution in [3.8, 4) is 0 Å². The minimum Gasteiger partial charge on any atom is -0.371 e. The highest BCUT2D eigenvalue weighted by molar-refractivity contribution is 6.04. The maximum atomic E-state index is 12.9. The first-order valence-corrected chi connectivity index (χ1v) is 10.1. The first-order chi connectivity index (χ1) is 14.6. The van der Waals surface area contributed by atoms with Crippen LogP contribution in [0.25, 0.3) is 0 Å². The number of alkyl halides is 3. The predicted molar refractivity (Wildman–Crippen MR) is 115 cm³/mol. The van der Waals surface area contributed by atoms with E-state index < -0.39 is 17.8 Å². The summed E-state index contributed by atoms with van der Waals surface area (Å²) in [5.74, 6) is -0.251. The molecule has 6 nitrogen and oxygen atoms in total. The van der Waals surface area contributed by atoms with Crippen molar-refractivity contribution in [3.63, 3.8) is 0 Å². The molecule has 1 aliphatic heterocycles. The Kier molecular flexibility index (Phi) is 6.72. The molecule has 1 heterocycles. The van der Waals surface area contributed by atoms with Crippen LogP contribution in [-0.2, 0) is 6.18 Å². The number of carbonyl (C=O) groups excluding carboxylic acids is 2. The van der Waals surface area contributed by atoms with Crippen LogP contribution < -0.4 is 20.9 Å². The molecule has 1 saturated heterocycles. The topological polar surface area (TPSA) is 73.5 Å². The summed E-state index contributed by atoms with van der Waals surface area (Å²) in [7, 11) is 0. The molecule has 0 bridgehead atoms. The average Bonchev–Trinajstić information content (AvgIpc) is 3.21. The van der Waals surface area contributed by atoms with Gasteiger partial charge in [0, 0.05) is 36.2 Å².